The Morgan fingerprint density at radius 2 is 2.03 bits per heavy atom. The van der Waals surface area contributed by atoms with Crippen LogP contribution in [-0.4, -0.2) is 22.3 Å². The fourth-order valence-electron chi connectivity index (χ4n) is 3.31. The lowest BCUT2D eigenvalue weighted by Gasteiger charge is -2.06. The fourth-order valence-corrected chi connectivity index (χ4v) is 3.31. The van der Waals surface area contributed by atoms with Crippen LogP contribution in [0.25, 0.3) is 23.0 Å². The zero-order valence-electron chi connectivity index (χ0n) is 18.1. The summed E-state index contributed by atoms with van der Waals surface area (Å²) in [6.07, 6.45) is 4.88. The molecule has 0 atom stereocenters. The average molecular weight is 438 g/mol. The maximum absolute atomic E-state index is 12.6. The highest BCUT2D eigenvalue weighted by molar-refractivity contribution is 6.02. The van der Waals surface area contributed by atoms with E-state index in [0.29, 0.717) is 23.6 Å². The van der Waals surface area contributed by atoms with Gasteiger partial charge in [-0.25, -0.2) is 4.68 Å². The third-order valence-electron chi connectivity index (χ3n) is 4.85. The van der Waals surface area contributed by atoms with Crippen molar-refractivity contribution in [3.05, 3.63) is 96.1 Å². The first-order valence-corrected chi connectivity index (χ1v) is 10.5. The maximum Gasteiger partial charge on any atom is 0.262 e. The number of para-hydroxylation sites is 1. The Morgan fingerprint density at radius 3 is 2.76 bits per heavy atom. The molecule has 0 aliphatic rings. The Morgan fingerprint density at radius 1 is 1.18 bits per heavy atom. The average Bonchev–Trinajstić information content (AvgIpc) is 3.52. The molecule has 1 N–H and O–H groups in total. The van der Waals surface area contributed by atoms with E-state index >= 15 is 0 Å². The van der Waals surface area contributed by atoms with Crippen LogP contribution >= 0.6 is 0 Å². The predicted molar refractivity (Wildman–Crippen MR) is 124 cm³/mol. The number of rotatable bonds is 8. The van der Waals surface area contributed by atoms with E-state index in [0.717, 1.165) is 17.0 Å². The van der Waals surface area contributed by atoms with Crippen LogP contribution < -0.4 is 10.1 Å². The lowest BCUT2D eigenvalue weighted by atomic mass is 10.1. The summed E-state index contributed by atoms with van der Waals surface area (Å²) in [7, 11) is 0. The third-order valence-corrected chi connectivity index (χ3v) is 4.85. The molecule has 4 rings (SSSR count). The molecule has 2 heterocycles. The molecule has 0 unspecified atom stereocenters. The number of nitriles is 1. The molecule has 2 aromatic heterocycles. The van der Waals surface area contributed by atoms with Crippen molar-refractivity contribution < 1.29 is 13.9 Å². The Bertz CT molecular complexity index is 1300. The summed E-state index contributed by atoms with van der Waals surface area (Å²) in [5.41, 5.74) is 2.91. The number of nitrogens with zero attached hydrogens (tertiary/aromatic N) is 3. The normalized spacial score (nSPS) is 11.1. The van der Waals surface area contributed by atoms with Crippen LogP contribution in [-0.2, 0) is 11.3 Å². The second kappa shape index (κ2) is 10.2. The highest BCUT2D eigenvalue weighted by Gasteiger charge is 2.16. The van der Waals surface area contributed by atoms with Gasteiger partial charge in [0.05, 0.1) is 25.1 Å². The number of ether oxygens (including phenoxy) is 1. The summed E-state index contributed by atoms with van der Waals surface area (Å²) in [5.74, 6) is 0.831. The number of amides is 1. The van der Waals surface area contributed by atoms with Crippen LogP contribution in [0.15, 0.2) is 89.2 Å². The van der Waals surface area contributed by atoms with Crippen LogP contribution in [0.5, 0.6) is 5.75 Å². The number of hydrogen-bond acceptors (Lipinski definition) is 5. The second-order valence-corrected chi connectivity index (χ2v) is 7.11. The number of furan rings is 1. The predicted octanol–water partition coefficient (Wildman–Crippen LogP) is 4.75. The van der Waals surface area contributed by atoms with E-state index in [9.17, 15) is 10.1 Å². The minimum absolute atomic E-state index is 0.0311. The zero-order chi connectivity index (χ0) is 23.0. The SMILES string of the molecule is CCOc1cccc(-c2nn(-c3ccccc3)cc2/C=C(/C#N)C(=O)NCc2ccco2)c1. The molecule has 0 spiro atoms. The topological polar surface area (TPSA) is 93.1 Å². The molecule has 0 bridgehead atoms. The van der Waals surface area contributed by atoms with Crippen molar-refractivity contribution in [3.8, 4) is 28.8 Å². The Hall–Kier alpha value is -4.57. The van der Waals surface area contributed by atoms with Gasteiger partial charge < -0.3 is 14.5 Å². The molecule has 164 valence electrons. The first-order valence-electron chi connectivity index (χ1n) is 10.5. The zero-order valence-corrected chi connectivity index (χ0v) is 18.1. The molecule has 7 nitrogen and oxygen atoms in total. The van der Waals surface area contributed by atoms with Crippen molar-refractivity contribution in [2.45, 2.75) is 13.5 Å². The minimum Gasteiger partial charge on any atom is -0.494 e. The summed E-state index contributed by atoms with van der Waals surface area (Å²) in [5, 5.41) is 17.1. The van der Waals surface area contributed by atoms with Crippen molar-refractivity contribution in [1.82, 2.24) is 15.1 Å². The number of nitrogens with one attached hydrogen (secondary N) is 1. The van der Waals surface area contributed by atoms with Gasteiger partial charge in [-0.1, -0.05) is 30.3 Å². The van der Waals surface area contributed by atoms with Gasteiger partial charge in [-0.3, -0.25) is 4.79 Å². The molecule has 0 saturated carbocycles. The van der Waals surface area contributed by atoms with Gasteiger partial charge in [0.2, 0.25) is 0 Å². The van der Waals surface area contributed by atoms with E-state index in [4.69, 9.17) is 14.3 Å². The van der Waals surface area contributed by atoms with Gasteiger partial charge >= 0.3 is 0 Å². The fraction of sp³-hybridized carbons (Fsp3) is 0.115. The quantitative estimate of drug-likeness (QED) is 0.316. The standard InChI is InChI=1S/C26H22N4O3/c1-2-32-23-11-6-8-19(15-23)25-21(18-30(29-25)22-9-4-3-5-10-22)14-20(16-27)26(31)28-17-24-12-7-13-33-24/h3-15,18H,2,17H2,1H3,(H,28,31)/b20-14-. The number of carbonyl (C=O) groups excluding carboxylic acids is 1. The number of carbonyl (C=O) groups is 1. The largest absolute Gasteiger partial charge is 0.494 e. The smallest absolute Gasteiger partial charge is 0.262 e. The molecule has 0 aliphatic carbocycles. The van der Waals surface area contributed by atoms with E-state index in [2.05, 4.69) is 5.32 Å². The molecular formula is C26H22N4O3. The molecule has 33 heavy (non-hydrogen) atoms. The highest BCUT2D eigenvalue weighted by atomic mass is 16.5. The van der Waals surface area contributed by atoms with Crippen LogP contribution in [0, 0.1) is 11.3 Å². The Balaban J connectivity index is 1.72. The van der Waals surface area contributed by atoms with Crippen LogP contribution in [0.1, 0.15) is 18.2 Å². The summed E-state index contributed by atoms with van der Waals surface area (Å²) in [6, 6.07) is 22.7. The summed E-state index contributed by atoms with van der Waals surface area (Å²) in [4.78, 5) is 12.6. The van der Waals surface area contributed by atoms with Crippen LogP contribution in [0.3, 0.4) is 0 Å². The first-order chi connectivity index (χ1) is 16.2. The molecular weight excluding hydrogens is 416 g/mol. The highest BCUT2D eigenvalue weighted by Crippen LogP contribution is 2.28. The molecule has 0 saturated heterocycles. The van der Waals surface area contributed by atoms with E-state index in [1.807, 2.05) is 67.6 Å². The van der Waals surface area contributed by atoms with Gasteiger partial charge in [-0.05, 0) is 49.4 Å². The Kier molecular flexibility index (Phi) is 6.67. The van der Waals surface area contributed by atoms with Gasteiger partial charge in [0, 0.05) is 17.3 Å². The molecule has 7 heteroatoms. The van der Waals surface area contributed by atoms with Gasteiger partial charge in [0.1, 0.15) is 28.8 Å². The molecule has 0 aliphatic heterocycles. The van der Waals surface area contributed by atoms with E-state index in [1.165, 1.54) is 6.26 Å². The minimum atomic E-state index is -0.490. The van der Waals surface area contributed by atoms with Gasteiger partial charge in [-0.2, -0.15) is 10.4 Å². The number of aromatic nitrogens is 2. The number of hydrogen-bond donors (Lipinski definition) is 1. The molecule has 2 aromatic carbocycles. The van der Waals surface area contributed by atoms with E-state index in [1.54, 1.807) is 29.1 Å². The van der Waals surface area contributed by atoms with Gasteiger partial charge in [0.15, 0.2) is 0 Å². The summed E-state index contributed by atoms with van der Waals surface area (Å²) in [6.45, 7) is 2.66. The van der Waals surface area contributed by atoms with Crippen molar-refractivity contribution >= 4 is 12.0 Å². The first kappa shape index (κ1) is 21.7. The molecule has 1 amide bonds. The molecule has 0 radical (unpaired) electrons. The monoisotopic (exact) mass is 438 g/mol. The van der Waals surface area contributed by atoms with E-state index < -0.39 is 5.91 Å². The summed E-state index contributed by atoms with van der Waals surface area (Å²) >= 11 is 0. The number of benzene rings is 2. The second-order valence-electron chi connectivity index (χ2n) is 7.11. The Labute approximate surface area is 191 Å². The van der Waals surface area contributed by atoms with Crippen molar-refractivity contribution in [3.63, 3.8) is 0 Å². The van der Waals surface area contributed by atoms with Gasteiger partial charge in [0.25, 0.3) is 5.91 Å². The molecule has 0 fully saturated rings. The maximum atomic E-state index is 12.6. The molecule has 4 aromatic rings. The lowest BCUT2D eigenvalue weighted by molar-refractivity contribution is -0.117. The van der Waals surface area contributed by atoms with E-state index in [-0.39, 0.29) is 12.1 Å². The van der Waals surface area contributed by atoms with Gasteiger partial charge in [-0.15, -0.1) is 0 Å². The summed E-state index contributed by atoms with van der Waals surface area (Å²) < 4.78 is 12.6. The van der Waals surface area contributed by atoms with Crippen molar-refractivity contribution in [2.24, 2.45) is 0 Å². The van der Waals surface area contributed by atoms with Crippen LogP contribution in [0.2, 0.25) is 0 Å². The third kappa shape index (κ3) is 5.20. The van der Waals surface area contributed by atoms with Crippen LogP contribution in [0.4, 0.5) is 0 Å². The van der Waals surface area contributed by atoms with Crippen molar-refractivity contribution in [1.29, 1.82) is 5.26 Å². The lowest BCUT2D eigenvalue weighted by Crippen LogP contribution is -2.23. The van der Waals surface area contributed by atoms with Crippen molar-refractivity contribution in [2.75, 3.05) is 6.61 Å².